The van der Waals surface area contributed by atoms with Gasteiger partial charge in [-0.3, -0.25) is 9.59 Å². The summed E-state index contributed by atoms with van der Waals surface area (Å²) in [6, 6.07) is 21.7. The third-order valence-corrected chi connectivity index (χ3v) is 5.91. The molecule has 0 aliphatic carbocycles. The molecule has 0 bridgehead atoms. The topological polar surface area (TPSA) is 84.5 Å². The van der Waals surface area contributed by atoms with Crippen LogP contribution in [0.3, 0.4) is 0 Å². The predicted octanol–water partition coefficient (Wildman–Crippen LogP) is 5.21. The van der Waals surface area contributed by atoms with Gasteiger partial charge in [-0.15, -0.1) is 0 Å². The van der Waals surface area contributed by atoms with Crippen molar-refractivity contribution in [3.05, 3.63) is 100 Å². The molecule has 164 valence electrons. The Morgan fingerprint density at radius 1 is 0.939 bits per heavy atom. The molecule has 4 rings (SSSR count). The van der Waals surface area contributed by atoms with E-state index in [0.29, 0.717) is 16.2 Å². The lowest BCUT2D eigenvalue weighted by molar-refractivity contribution is -0.112. The number of fused-ring (bicyclic) bond motifs is 1. The standard InChI is InChI=1S/C26H20N2O4S/c1-32-26(31)19-11-13-20(14-12-19)27-24(29)15-10-17-6-8-18(9-7-17)16-23-25(30)28-21-4-2-3-5-22(21)33-23/h2-16H,1H3,(H,27,29)(H,28,30)/b15-10+,23-16?. The molecule has 6 nitrogen and oxygen atoms in total. The monoisotopic (exact) mass is 456 g/mol. The van der Waals surface area contributed by atoms with Gasteiger partial charge in [0, 0.05) is 16.7 Å². The van der Waals surface area contributed by atoms with E-state index in [1.54, 1.807) is 30.3 Å². The molecule has 0 fully saturated rings. The quantitative estimate of drug-likeness (QED) is 0.407. The fourth-order valence-corrected chi connectivity index (χ4v) is 4.07. The van der Waals surface area contributed by atoms with Gasteiger partial charge in [0.05, 0.1) is 23.3 Å². The predicted molar refractivity (Wildman–Crippen MR) is 131 cm³/mol. The highest BCUT2D eigenvalue weighted by Gasteiger charge is 2.20. The Bertz CT molecular complexity index is 1260. The Kier molecular flexibility index (Phi) is 6.71. The first kappa shape index (κ1) is 22.1. The van der Waals surface area contributed by atoms with Gasteiger partial charge in [0.1, 0.15) is 0 Å². The van der Waals surface area contributed by atoms with Gasteiger partial charge in [-0.1, -0.05) is 48.2 Å². The maximum Gasteiger partial charge on any atom is 0.337 e. The van der Waals surface area contributed by atoms with Crippen molar-refractivity contribution in [1.29, 1.82) is 0 Å². The van der Waals surface area contributed by atoms with Crippen molar-refractivity contribution in [1.82, 2.24) is 0 Å². The molecule has 0 saturated carbocycles. The molecule has 0 radical (unpaired) electrons. The number of anilines is 2. The number of methoxy groups -OCH3 is 1. The van der Waals surface area contributed by atoms with E-state index in [1.165, 1.54) is 24.9 Å². The van der Waals surface area contributed by atoms with Crippen LogP contribution in [0.4, 0.5) is 11.4 Å². The van der Waals surface area contributed by atoms with Crippen LogP contribution in [0.25, 0.3) is 12.2 Å². The van der Waals surface area contributed by atoms with E-state index in [-0.39, 0.29) is 11.8 Å². The molecule has 0 atom stereocenters. The van der Waals surface area contributed by atoms with Crippen LogP contribution in [-0.2, 0) is 14.3 Å². The van der Waals surface area contributed by atoms with Crippen LogP contribution in [-0.4, -0.2) is 24.9 Å². The first-order chi connectivity index (χ1) is 16.0. The van der Waals surface area contributed by atoms with E-state index >= 15 is 0 Å². The highest BCUT2D eigenvalue weighted by Crippen LogP contribution is 2.38. The second kappa shape index (κ2) is 10.0. The SMILES string of the molecule is COC(=O)c1ccc(NC(=O)/C=C/c2ccc(C=C3Sc4ccccc4NC3=O)cc2)cc1. The highest BCUT2D eigenvalue weighted by atomic mass is 32.2. The number of carbonyl (C=O) groups is 3. The summed E-state index contributed by atoms with van der Waals surface area (Å²) in [4.78, 5) is 37.6. The summed E-state index contributed by atoms with van der Waals surface area (Å²) in [5.74, 6) is -0.848. The number of benzene rings is 3. The first-order valence-electron chi connectivity index (χ1n) is 10.1. The van der Waals surface area contributed by atoms with Crippen molar-refractivity contribution in [3.8, 4) is 0 Å². The van der Waals surface area contributed by atoms with Gasteiger partial charge in [-0.25, -0.2) is 4.79 Å². The number of hydrogen-bond donors (Lipinski definition) is 2. The molecule has 33 heavy (non-hydrogen) atoms. The van der Waals surface area contributed by atoms with Crippen LogP contribution in [0, 0.1) is 0 Å². The summed E-state index contributed by atoms with van der Waals surface area (Å²) in [5.41, 5.74) is 3.54. The maximum absolute atomic E-state index is 12.3. The van der Waals surface area contributed by atoms with E-state index in [9.17, 15) is 14.4 Å². The lowest BCUT2D eigenvalue weighted by atomic mass is 10.1. The van der Waals surface area contributed by atoms with E-state index in [0.717, 1.165) is 21.7 Å². The summed E-state index contributed by atoms with van der Waals surface area (Å²) in [5, 5.41) is 5.64. The molecule has 3 aromatic carbocycles. The molecule has 0 spiro atoms. The molecule has 2 N–H and O–H groups in total. The van der Waals surface area contributed by atoms with Crippen LogP contribution in [0.2, 0.25) is 0 Å². The summed E-state index contributed by atoms with van der Waals surface area (Å²) in [6.07, 6.45) is 4.98. The van der Waals surface area contributed by atoms with Crippen molar-refractivity contribution in [3.63, 3.8) is 0 Å². The Hall–Kier alpha value is -4.10. The number of rotatable bonds is 5. The molecule has 1 heterocycles. The molecule has 1 aliphatic rings. The minimum Gasteiger partial charge on any atom is -0.465 e. The largest absolute Gasteiger partial charge is 0.465 e. The van der Waals surface area contributed by atoms with Crippen molar-refractivity contribution in [2.75, 3.05) is 17.7 Å². The number of carbonyl (C=O) groups excluding carboxylic acids is 3. The zero-order valence-electron chi connectivity index (χ0n) is 17.7. The summed E-state index contributed by atoms with van der Waals surface area (Å²) in [6.45, 7) is 0. The normalized spacial score (nSPS) is 14.0. The summed E-state index contributed by atoms with van der Waals surface area (Å²) >= 11 is 1.44. The average Bonchev–Trinajstić information content (AvgIpc) is 2.84. The number of hydrogen-bond acceptors (Lipinski definition) is 5. The number of ether oxygens (including phenoxy) is 1. The fraction of sp³-hybridized carbons (Fsp3) is 0.0385. The van der Waals surface area contributed by atoms with Gasteiger partial charge in [-0.2, -0.15) is 0 Å². The van der Waals surface area contributed by atoms with Crippen LogP contribution in [0.5, 0.6) is 0 Å². The van der Waals surface area contributed by atoms with Gasteiger partial charge in [0.25, 0.3) is 5.91 Å². The van der Waals surface area contributed by atoms with E-state index < -0.39 is 5.97 Å². The molecule has 0 aromatic heterocycles. The van der Waals surface area contributed by atoms with Crippen molar-refractivity contribution >= 4 is 53.1 Å². The number of amides is 2. The number of para-hydroxylation sites is 1. The molecule has 2 amide bonds. The fourth-order valence-electron chi connectivity index (χ4n) is 3.12. The maximum atomic E-state index is 12.3. The second-order valence-corrected chi connectivity index (χ2v) is 8.20. The third-order valence-electron chi connectivity index (χ3n) is 4.81. The molecule has 0 saturated heterocycles. The molecule has 7 heteroatoms. The van der Waals surface area contributed by atoms with Gasteiger partial charge >= 0.3 is 5.97 Å². The third kappa shape index (κ3) is 5.58. The molecular weight excluding hydrogens is 436 g/mol. The lowest BCUT2D eigenvalue weighted by Gasteiger charge is -2.18. The Labute approximate surface area is 195 Å². The Morgan fingerprint density at radius 3 is 2.36 bits per heavy atom. The second-order valence-electron chi connectivity index (χ2n) is 7.12. The zero-order valence-corrected chi connectivity index (χ0v) is 18.5. The zero-order chi connectivity index (χ0) is 23.2. The molecular formula is C26H20N2O4S. The van der Waals surface area contributed by atoms with Crippen molar-refractivity contribution in [2.45, 2.75) is 4.90 Å². The Balaban J connectivity index is 1.37. The van der Waals surface area contributed by atoms with Crippen molar-refractivity contribution < 1.29 is 19.1 Å². The van der Waals surface area contributed by atoms with Crippen LogP contribution < -0.4 is 10.6 Å². The number of nitrogens with one attached hydrogen (secondary N) is 2. The highest BCUT2D eigenvalue weighted by molar-refractivity contribution is 8.04. The summed E-state index contributed by atoms with van der Waals surface area (Å²) in [7, 11) is 1.32. The average molecular weight is 457 g/mol. The minimum absolute atomic E-state index is 0.126. The van der Waals surface area contributed by atoms with Crippen LogP contribution >= 0.6 is 11.8 Å². The van der Waals surface area contributed by atoms with Gasteiger partial charge < -0.3 is 15.4 Å². The van der Waals surface area contributed by atoms with Gasteiger partial charge in [0.2, 0.25) is 5.91 Å². The molecule has 0 unspecified atom stereocenters. The van der Waals surface area contributed by atoms with E-state index in [1.807, 2.05) is 54.6 Å². The van der Waals surface area contributed by atoms with E-state index in [2.05, 4.69) is 15.4 Å². The van der Waals surface area contributed by atoms with E-state index in [4.69, 9.17) is 0 Å². The smallest absolute Gasteiger partial charge is 0.337 e. The Morgan fingerprint density at radius 2 is 1.64 bits per heavy atom. The van der Waals surface area contributed by atoms with Crippen LogP contribution in [0.1, 0.15) is 21.5 Å². The minimum atomic E-state index is -0.431. The van der Waals surface area contributed by atoms with Gasteiger partial charge in [-0.05, 0) is 59.7 Å². The van der Waals surface area contributed by atoms with Crippen LogP contribution in [0.15, 0.2) is 88.7 Å². The van der Waals surface area contributed by atoms with Gasteiger partial charge in [0.15, 0.2) is 0 Å². The molecule has 1 aliphatic heterocycles. The lowest BCUT2D eigenvalue weighted by Crippen LogP contribution is -2.17. The number of esters is 1. The number of thioether (sulfide) groups is 1. The first-order valence-corrected chi connectivity index (χ1v) is 10.9. The summed E-state index contributed by atoms with van der Waals surface area (Å²) < 4.78 is 4.65. The van der Waals surface area contributed by atoms with Crippen molar-refractivity contribution in [2.24, 2.45) is 0 Å². The molecule has 3 aromatic rings.